The fraction of sp³-hybridized carbons (Fsp3) is 0.500. The Kier molecular flexibility index (Phi) is 1.60. The normalized spacial score (nSPS) is 32.2. The van der Waals surface area contributed by atoms with Gasteiger partial charge >= 0.3 is 0 Å². The molecular formula is C8H10N2O2. The Morgan fingerprint density at radius 3 is 3.33 bits per heavy atom. The van der Waals surface area contributed by atoms with E-state index in [2.05, 4.69) is 4.99 Å². The van der Waals surface area contributed by atoms with Gasteiger partial charge in [-0.15, -0.1) is 0 Å². The van der Waals surface area contributed by atoms with Gasteiger partial charge in [-0.25, -0.2) is 0 Å². The number of primary amides is 1. The van der Waals surface area contributed by atoms with Gasteiger partial charge < -0.3 is 10.5 Å². The fourth-order valence-corrected chi connectivity index (χ4v) is 1.58. The topological polar surface area (TPSA) is 64.7 Å². The summed E-state index contributed by atoms with van der Waals surface area (Å²) >= 11 is 0. The van der Waals surface area contributed by atoms with Crippen molar-refractivity contribution in [2.75, 3.05) is 13.2 Å². The summed E-state index contributed by atoms with van der Waals surface area (Å²) in [6.45, 7) is 1.04. The first-order valence-corrected chi connectivity index (χ1v) is 3.91. The number of ether oxygens (including phenoxy) is 1. The van der Waals surface area contributed by atoms with E-state index in [1.54, 1.807) is 12.3 Å². The lowest BCUT2D eigenvalue weighted by molar-refractivity contribution is -0.122. The number of carbonyl (C=O) groups is 1. The molecule has 0 aromatic carbocycles. The van der Waals surface area contributed by atoms with Crippen molar-refractivity contribution in [3.63, 3.8) is 0 Å². The Balaban J connectivity index is 2.20. The minimum absolute atomic E-state index is 0.0903. The molecule has 0 aromatic rings. The third-order valence-electron chi connectivity index (χ3n) is 2.29. The third-order valence-corrected chi connectivity index (χ3v) is 2.29. The predicted octanol–water partition coefficient (Wildman–Crippen LogP) is -0.297. The Bertz CT molecular complexity index is 270. The van der Waals surface area contributed by atoms with Crippen LogP contribution < -0.4 is 5.73 Å². The van der Waals surface area contributed by atoms with E-state index in [0.717, 1.165) is 5.76 Å². The van der Waals surface area contributed by atoms with Crippen LogP contribution in [0.5, 0.6) is 0 Å². The van der Waals surface area contributed by atoms with Gasteiger partial charge in [-0.1, -0.05) is 0 Å². The summed E-state index contributed by atoms with van der Waals surface area (Å²) < 4.78 is 5.30. The second kappa shape index (κ2) is 2.62. The van der Waals surface area contributed by atoms with E-state index >= 15 is 0 Å². The van der Waals surface area contributed by atoms with Crippen molar-refractivity contribution in [1.82, 2.24) is 0 Å². The molecule has 2 heterocycles. The van der Waals surface area contributed by atoms with Crippen LogP contribution in [0.3, 0.4) is 0 Å². The summed E-state index contributed by atoms with van der Waals surface area (Å²) in [5, 5.41) is 0. The molecular weight excluding hydrogens is 156 g/mol. The van der Waals surface area contributed by atoms with Gasteiger partial charge in [-0.2, -0.15) is 0 Å². The van der Waals surface area contributed by atoms with E-state index in [0.29, 0.717) is 13.2 Å². The van der Waals surface area contributed by atoms with E-state index in [4.69, 9.17) is 10.5 Å². The third kappa shape index (κ3) is 0.995. The number of nitrogens with two attached hydrogens (primary N) is 1. The number of allylic oxidation sites excluding steroid dienone is 1. The van der Waals surface area contributed by atoms with E-state index in [-0.39, 0.29) is 17.7 Å². The number of hydrogen-bond donors (Lipinski definition) is 1. The summed E-state index contributed by atoms with van der Waals surface area (Å²) in [6.07, 6.45) is 3.51. The maximum absolute atomic E-state index is 10.9. The van der Waals surface area contributed by atoms with Crippen LogP contribution in [0.25, 0.3) is 0 Å². The number of fused-ring (bicyclic) bond motifs is 1. The number of carbonyl (C=O) groups excluding carboxylic acids is 1. The van der Waals surface area contributed by atoms with Crippen LogP contribution in [0.1, 0.15) is 0 Å². The standard InChI is InChI=1S/C8H10N2O2/c9-8(11)6-4-12-7-1-2-10-3-5(6)7/h1-2,5-6H,3-4H2,(H2,9,11). The highest BCUT2D eigenvalue weighted by molar-refractivity contribution is 5.79. The predicted molar refractivity (Wildman–Crippen MR) is 43.6 cm³/mol. The zero-order valence-electron chi connectivity index (χ0n) is 6.56. The van der Waals surface area contributed by atoms with Crippen LogP contribution in [0.4, 0.5) is 0 Å². The van der Waals surface area contributed by atoms with Crippen molar-refractivity contribution in [3.8, 4) is 0 Å². The van der Waals surface area contributed by atoms with Gasteiger partial charge in [0.05, 0.1) is 11.8 Å². The van der Waals surface area contributed by atoms with E-state index in [9.17, 15) is 4.79 Å². The summed E-state index contributed by atoms with van der Waals surface area (Å²) in [6, 6.07) is 0. The average molecular weight is 166 g/mol. The Morgan fingerprint density at radius 2 is 2.58 bits per heavy atom. The van der Waals surface area contributed by atoms with Crippen LogP contribution in [-0.4, -0.2) is 25.3 Å². The highest BCUT2D eigenvalue weighted by atomic mass is 16.5. The number of amides is 1. The molecule has 1 amide bonds. The van der Waals surface area contributed by atoms with Crippen LogP contribution in [0, 0.1) is 11.8 Å². The van der Waals surface area contributed by atoms with Crippen LogP contribution in [0.2, 0.25) is 0 Å². The minimum Gasteiger partial charge on any atom is -0.497 e. The highest BCUT2D eigenvalue weighted by Crippen LogP contribution is 2.31. The number of aliphatic imine (C=N–C) groups is 1. The number of hydrogen-bond acceptors (Lipinski definition) is 3. The van der Waals surface area contributed by atoms with Gasteiger partial charge in [0.1, 0.15) is 12.4 Å². The van der Waals surface area contributed by atoms with Gasteiger partial charge in [-0.05, 0) is 6.08 Å². The molecule has 1 saturated heterocycles. The van der Waals surface area contributed by atoms with Crippen LogP contribution in [0.15, 0.2) is 16.8 Å². The Morgan fingerprint density at radius 1 is 1.75 bits per heavy atom. The number of nitrogens with zero attached hydrogens (tertiary/aromatic N) is 1. The average Bonchev–Trinajstić information content (AvgIpc) is 2.47. The zero-order valence-corrected chi connectivity index (χ0v) is 6.56. The SMILES string of the molecule is NC(=O)C1COC2=CC=NCC21. The molecule has 0 saturated carbocycles. The maximum Gasteiger partial charge on any atom is 0.224 e. The van der Waals surface area contributed by atoms with Crippen molar-refractivity contribution < 1.29 is 9.53 Å². The first kappa shape index (κ1) is 7.34. The molecule has 0 aliphatic carbocycles. The van der Waals surface area contributed by atoms with E-state index in [1.807, 2.05) is 0 Å². The molecule has 2 aliphatic rings. The van der Waals surface area contributed by atoms with E-state index < -0.39 is 0 Å². The molecule has 0 aromatic heterocycles. The molecule has 2 rings (SSSR count). The largest absolute Gasteiger partial charge is 0.497 e. The van der Waals surface area contributed by atoms with Crippen molar-refractivity contribution in [1.29, 1.82) is 0 Å². The van der Waals surface area contributed by atoms with Crippen molar-refractivity contribution in [2.24, 2.45) is 22.6 Å². The first-order chi connectivity index (χ1) is 5.79. The molecule has 0 bridgehead atoms. The maximum atomic E-state index is 10.9. The quantitative estimate of drug-likeness (QED) is 0.581. The molecule has 0 spiro atoms. The summed E-state index contributed by atoms with van der Waals surface area (Å²) in [5.41, 5.74) is 5.21. The second-order valence-electron chi connectivity index (χ2n) is 3.01. The molecule has 4 heteroatoms. The first-order valence-electron chi connectivity index (χ1n) is 3.91. The molecule has 12 heavy (non-hydrogen) atoms. The van der Waals surface area contributed by atoms with Gasteiger partial charge in [0.25, 0.3) is 0 Å². The molecule has 2 N–H and O–H groups in total. The molecule has 0 radical (unpaired) electrons. The second-order valence-corrected chi connectivity index (χ2v) is 3.01. The molecule has 2 aliphatic heterocycles. The monoisotopic (exact) mass is 166 g/mol. The summed E-state index contributed by atoms with van der Waals surface area (Å²) in [4.78, 5) is 15.0. The van der Waals surface area contributed by atoms with Gasteiger partial charge in [-0.3, -0.25) is 9.79 Å². The van der Waals surface area contributed by atoms with Crippen LogP contribution in [-0.2, 0) is 9.53 Å². The van der Waals surface area contributed by atoms with Gasteiger partial charge in [0.15, 0.2) is 0 Å². The number of rotatable bonds is 1. The number of dihydropyridines is 1. The molecule has 2 unspecified atom stereocenters. The van der Waals surface area contributed by atoms with Crippen molar-refractivity contribution >= 4 is 12.1 Å². The zero-order chi connectivity index (χ0) is 8.55. The Hall–Kier alpha value is -1.32. The lowest BCUT2D eigenvalue weighted by Crippen LogP contribution is -2.30. The summed E-state index contributed by atoms with van der Waals surface area (Å²) in [7, 11) is 0. The lowest BCUT2D eigenvalue weighted by atomic mass is 9.92. The Labute approximate surface area is 70.1 Å². The van der Waals surface area contributed by atoms with Gasteiger partial charge in [0.2, 0.25) is 5.91 Å². The molecule has 64 valence electrons. The molecule has 4 nitrogen and oxygen atoms in total. The van der Waals surface area contributed by atoms with Crippen molar-refractivity contribution in [2.45, 2.75) is 0 Å². The smallest absolute Gasteiger partial charge is 0.224 e. The summed E-state index contributed by atoms with van der Waals surface area (Å²) in [5.74, 6) is 0.468. The molecule has 2 atom stereocenters. The molecule has 1 fully saturated rings. The minimum atomic E-state index is -0.291. The van der Waals surface area contributed by atoms with Crippen LogP contribution >= 0.6 is 0 Å². The highest BCUT2D eigenvalue weighted by Gasteiger charge is 2.37. The van der Waals surface area contributed by atoms with E-state index in [1.165, 1.54) is 0 Å². The lowest BCUT2D eigenvalue weighted by Gasteiger charge is -2.13. The van der Waals surface area contributed by atoms with Gasteiger partial charge in [0, 0.05) is 12.8 Å². The van der Waals surface area contributed by atoms with Crippen molar-refractivity contribution in [3.05, 3.63) is 11.8 Å². The fourth-order valence-electron chi connectivity index (χ4n) is 1.58.